The Hall–Kier alpha value is -3.41. The Balaban J connectivity index is 1.39. The molecule has 0 fully saturated rings. The second-order valence-corrected chi connectivity index (χ2v) is 9.73. The molecule has 2 amide bonds. The van der Waals surface area contributed by atoms with E-state index in [2.05, 4.69) is 35.4 Å². The molecule has 2 N–H and O–H groups in total. The summed E-state index contributed by atoms with van der Waals surface area (Å²) in [7, 11) is 1.62. The van der Waals surface area contributed by atoms with Gasteiger partial charge in [-0.2, -0.15) is 5.10 Å². The molecule has 1 atom stereocenters. The van der Waals surface area contributed by atoms with Gasteiger partial charge in [0.15, 0.2) is 0 Å². The molecule has 2 aromatic carbocycles. The lowest BCUT2D eigenvalue weighted by Crippen LogP contribution is -2.27. The monoisotopic (exact) mass is 428 g/mol. The Morgan fingerprint density at radius 1 is 1.16 bits per heavy atom. The highest BCUT2D eigenvalue weighted by Crippen LogP contribution is 2.41. The zero-order valence-electron chi connectivity index (χ0n) is 19.0. The average Bonchev–Trinajstić information content (AvgIpc) is 3.41. The van der Waals surface area contributed by atoms with Crippen molar-refractivity contribution in [3.63, 3.8) is 0 Å². The van der Waals surface area contributed by atoms with Gasteiger partial charge >= 0.3 is 0 Å². The van der Waals surface area contributed by atoms with Crippen molar-refractivity contribution in [2.45, 2.75) is 46.2 Å². The summed E-state index contributed by atoms with van der Waals surface area (Å²) in [6.45, 7) is 7.17. The molecule has 2 aliphatic rings. The van der Waals surface area contributed by atoms with Crippen LogP contribution in [0.1, 0.15) is 69.9 Å². The van der Waals surface area contributed by atoms with E-state index in [0.717, 1.165) is 40.8 Å². The van der Waals surface area contributed by atoms with Gasteiger partial charge in [0.05, 0.1) is 11.7 Å². The summed E-state index contributed by atoms with van der Waals surface area (Å²) in [5.74, 6) is -0.0718. The van der Waals surface area contributed by atoms with Gasteiger partial charge < -0.3 is 10.2 Å². The molecular formula is C26H28N4O2. The van der Waals surface area contributed by atoms with Crippen LogP contribution in [0.2, 0.25) is 0 Å². The molecule has 6 nitrogen and oxygen atoms in total. The maximum Gasteiger partial charge on any atom is 0.255 e. The Bertz CT molecular complexity index is 1220. The van der Waals surface area contributed by atoms with E-state index in [4.69, 9.17) is 0 Å². The van der Waals surface area contributed by atoms with Crippen LogP contribution >= 0.6 is 0 Å². The number of H-pyrrole nitrogens is 1. The zero-order valence-corrected chi connectivity index (χ0v) is 19.0. The molecule has 6 heteroatoms. The van der Waals surface area contributed by atoms with E-state index in [1.54, 1.807) is 19.2 Å². The van der Waals surface area contributed by atoms with Gasteiger partial charge in [0.1, 0.15) is 0 Å². The van der Waals surface area contributed by atoms with E-state index < -0.39 is 0 Å². The van der Waals surface area contributed by atoms with Gasteiger partial charge in [0.25, 0.3) is 11.8 Å². The zero-order chi connectivity index (χ0) is 22.6. The third-order valence-electron chi connectivity index (χ3n) is 6.82. The van der Waals surface area contributed by atoms with Crippen LogP contribution in [0.4, 0.5) is 0 Å². The van der Waals surface area contributed by atoms with Crippen molar-refractivity contribution >= 4 is 11.8 Å². The van der Waals surface area contributed by atoms with Crippen LogP contribution in [0.5, 0.6) is 0 Å². The minimum absolute atomic E-state index is 0.0443. The molecule has 1 aromatic heterocycles. The lowest BCUT2D eigenvalue weighted by atomic mass is 9.90. The molecule has 2 heterocycles. The highest BCUT2D eigenvalue weighted by Gasteiger charge is 2.34. The van der Waals surface area contributed by atoms with Gasteiger partial charge in [-0.25, -0.2) is 0 Å². The molecular weight excluding hydrogens is 400 g/mol. The van der Waals surface area contributed by atoms with Crippen molar-refractivity contribution in [1.82, 2.24) is 20.4 Å². The Kier molecular flexibility index (Phi) is 4.69. The SMILES string of the molecule is CNC(=O)c1ccc(C(C)N2Cc3cc(-c4n[nH]c5c4CC(C)(C)C5)ccc3C2=O)cc1. The first kappa shape index (κ1) is 20.5. The molecule has 0 spiro atoms. The lowest BCUT2D eigenvalue weighted by molar-refractivity contribution is 0.0715. The van der Waals surface area contributed by atoms with Crippen molar-refractivity contribution in [2.24, 2.45) is 5.41 Å². The van der Waals surface area contributed by atoms with Crippen molar-refractivity contribution in [3.05, 3.63) is 76.0 Å². The number of nitrogens with one attached hydrogen (secondary N) is 2. The topological polar surface area (TPSA) is 78.1 Å². The minimum atomic E-state index is -0.116. The van der Waals surface area contributed by atoms with E-state index in [1.165, 1.54) is 11.3 Å². The van der Waals surface area contributed by atoms with Gasteiger partial charge in [-0.1, -0.05) is 32.0 Å². The fourth-order valence-corrected chi connectivity index (χ4v) is 5.04. The van der Waals surface area contributed by atoms with Crippen LogP contribution in [0.3, 0.4) is 0 Å². The number of benzene rings is 2. The molecule has 0 radical (unpaired) electrons. The van der Waals surface area contributed by atoms with Crippen LogP contribution in [0.25, 0.3) is 11.3 Å². The van der Waals surface area contributed by atoms with Crippen LogP contribution in [-0.4, -0.2) is 34.0 Å². The average molecular weight is 429 g/mol. The second-order valence-electron chi connectivity index (χ2n) is 9.73. The van der Waals surface area contributed by atoms with Gasteiger partial charge in [-0.05, 0) is 60.6 Å². The second kappa shape index (κ2) is 7.33. The first-order valence-electron chi connectivity index (χ1n) is 11.1. The number of nitrogens with zero attached hydrogens (tertiary/aromatic N) is 2. The molecule has 32 heavy (non-hydrogen) atoms. The predicted molar refractivity (Wildman–Crippen MR) is 123 cm³/mol. The first-order chi connectivity index (χ1) is 15.3. The molecule has 1 unspecified atom stereocenters. The van der Waals surface area contributed by atoms with Gasteiger partial charge in [-0.15, -0.1) is 0 Å². The summed E-state index contributed by atoms with van der Waals surface area (Å²) >= 11 is 0. The van der Waals surface area contributed by atoms with E-state index in [-0.39, 0.29) is 23.3 Å². The Morgan fingerprint density at radius 2 is 1.91 bits per heavy atom. The standard InChI is InChI=1S/C26H28N4O2/c1-15(16-5-7-17(8-6-16)24(31)27-4)30-14-19-11-18(9-10-20(19)25(30)32)23-21-12-26(2,3)13-22(21)28-29-23/h5-11,15H,12-14H2,1-4H3,(H,27,31)(H,28,29). The molecule has 1 aliphatic heterocycles. The quantitative estimate of drug-likeness (QED) is 0.651. The van der Waals surface area contributed by atoms with E-state index in [0.29, 0.717) is 12.1 Å². The lowest BCUT2D eigenvalue weighted by Gasteiger charge is -2.24. The highest BCUT2D eigenvalue weighted by molar-refractivity contribution is 5.99. The maximum absolute atomic E-state index is 13.1. The summed E-state index contributed by atoms with van der Waals surface area (Å²) in [5.41, 5.74) is 8.28. The summed E-state index contributed by atoms with van der Waals surface area (Å²) in [5, 5.41) is 10.4. The molecule has 1 aliphatic carbocycles. The number of amides is 2. The number of hydrogen-bond donors (Lipinski definition) is 2. The number of aromatic amines is 1. The largest absolute Gasteiger partial charge is 0.355 e. The van der Waals surface area contributed by atoms with Crippen LogP contribution < -0.4 is 5.32 Å². The normalized spacial score (nSPS) is 17.2. The summed E-state index contributed by atoms with van der Waals surface area (Å²) in [4.78, 5) is 26.8. The summed E-state index contributed by atoms with van der Waals surface area (Å²) in [6, 6.07) is 13.4. The predicted octanol–water partition coefficient (Wildman–Crippen LogP) is 4.28. The molecule has 0 bridgehead atoms. The fourth-order valence-electron chi connectivity index (χ4n) is 5.04. The van der Waals surface area contributed by atoms with E-state index in [1.807, 2.05) is 36.1 Å². The van der Waals surface area contributed by atoms with Crippen molar-refractivity contribution in [1.29, 1.82) is 0 Å². The molecule has 0 saturated carbocycles. The van der Waals surface area contributed by atoms with E-state index >= 15 is 0 Å². The number of rotatable bonds is 4. The van der Waals surface area contributed by atoms with Crippen LogP contribution in [0.15, 0.2) is 42.5 Å². The van der Waals surface area contributed by atoms with Gasteiger partial charge in [-0.3, -0.25) is 14.7 Å². The third kappa shape index (κ3) is 3.30. The summed E-state index contributed by atoms with van der Waals surface area (Å²) < 4.78 is 0. The van der Waals surface area contributed by atoms with Gasteiger partial charge in [0.2, 0.25) is 0 Å². The van der Waals surface area contributed by atoms with Crippen LogP contribution in [0, 0.1) is 5.41 Å². The van der Waals surface area contributed by atoms with Gasteiger partial charge in [0, 0.05) is 41.5 Å². The molecule has 3 aromatic rings. The van der Waals surface area contributed by atoms with Crippen molar-refractivity contribution in [2.75, 3.05) is 7.05 Å². The maximum atomic E-state index is 13.1. The first-order valence-corrected chi connectivity index (χ1v) is 11.1. The number of hydrogen-bond acceptors (Lipinski definition) is 3. The Labute approximate surface area is 188 Å². The molecule has 164 valence electrons. The number of aromatic nitrogens is 2. The highest BCUT2D eigenvalue weighted by atomic mass is 16.2. The number of carbonyl (C=O) groups excluding carboxylic acids is 2. The number of fused-ring (bicyclic) bond motifs is 2. The van der Waals surface area contributed by atoms with Crippen LogP contribution in [-0.2, 0) is 19.4 Å². The van der Waals surface area contributed by atoms with Crippen molar-refractivity contribution in [3.8, 4) is 11.3 Å². The smallest absolute Gasteiger partial charge is 0.255 e. The number of carbonyl (C=O) groups is 2. The fraction of sp³-hybridized carbons (Fsp3) is 0.346. The molecule has 0 saturated heterocycles. The molecule has 5 rings (SSSR count). The summed E-state index contributed by atoms with van der Waals surface area (Å²) in [6.07, 6.45) is 2.03. The Morgan fingerprint density at radius 3 is 2.62 bits per heavy atom. The van der Waals surface area contributed by atoms with E-state index in [9.17, 15) is 9.59 Å². The van der Waals surface area contributed by atoms with Crippen molar-refractivity contribution < 1.29 is 9.59 Å². The minimum Gasteiger partial charge on any atom is -0.355 e. The third-order valence-corrected chi connectivity index (χ3v) is 6.82.